The smallest absolute Gasteiger partial charge is 0.136 e. The fourth-order valence-electron chi connectivity index (χ4n) is 8.97. The maximum Gasteiger partial charge on any atom is 0.136 e. The molecule has 0 atom stereocenters. The predicted octanol–water partition coefficient (Wildman–Crippen LogP) is 14.6. The molecule has 0 saturated heterocycles. The zero-order valence-electron chi connectivity index (χ0n) is 33.1. The molecule has 1 aliphatic carbocycles. The van der Waals surface area contributed by atoms with Crippen LogP contribution in [0.2, 0.25) is 0 Å². The zero-order chi connectivity index (χ0) is 40.3. The van der Waals surface area contributed by atoms with Crippen LogP contribution in [-0.2, 0) is 5.41 Å². The number of allylic oxidation sites excluding steroid dienone is 2. The van der Waals surface area contributed by atoms with Crippen molar-refractivity contribution in [3.8, 4) is 33.8 Å². The molecule has 10 rings (SSSR count). The standard InChI is InChI=1S/C55H42N2O2/c1-36(56(38-17-8-5-9-18-38)39-19-10-6-11-20-39)33-53-37(2)43-24-16-25-48-44(31-32-52(59-53)54(43)48)47-30-28-42(35-51(47)58)57(40-21-12-7-13-22-40)41-27-29-46-45-23-14-15-26-49(45)55(3,4)50(46)34-41/h5-35,58H,1-2H2,3-4H3/b53-33+. The Balaban J connectivity index is 1.01. The van der Waals surface area contributed by atoms with Crippen molar-refractivity contribution in [3.05, 3.63) is 229 Å². The average Bonchev–Trinajstić information content (AvgIpc) is 3.49. The molecule has 4 nitrogen and oxygen atoms in total. The minimum absolute atomic E-state index is 0.144. The first-order chi connectivity index (χ1) is 28.8. The Morgan fingerprint density at radius 1 is 0.542 bits per heavy atom. The highest BCUT2D eigenvalue weighted by Crippen LogP contribution is 2.52. The molecule has 0 spiro atoms. The molecule has 0 aromatic heterocycles. The van der Waals surface area contributed by atoms with Crippen LogP contribution in [0.15, 0.2) is 213 Å². The van der Waals surface area contributed by atoms with Gasteiger partial charge in [-0.25, -0.2) is 0 Å². The number of ether oxygens (including phenoxy) is 1. The van der Waals surface area contributed by atoms with Crippen molar-refractivity contribution >= 4 is 44.8 Å². The molecule has 1 heterocycles. The summed E-state index contributed by atoms with van der Waals surface area (Å²) in [6.07, 6.45) is 1.96. The van der Waals surface area contributed by atoms with Gasteiger partial charge in [0.05, 0.1) is 0 Å². The number of para-hydroxylation sites is 3. The number of phenols is 1. The van der Waals surface area contributed by atoms with E-state index in [2.05, 4.69) is 134 Å². The summed E-state index contributed by atoms with van der Waals surface area (Å²) < 4.78 is 6.65. The van der Waals surface area contributed by atoms with Gasteiger partial charge in [-0.2, -0.15) is 0 Å². The van der Waals surface area contributed by atoms with E-state index in [0.717, 1.165) is 72.9 Å². The lowest BCUT2D eigenvalue weighted by Crippen LogP contribution is -2.16. The first kappa shape index (κ1) is 35.8. The molecule has 0 bridgehead atoms. The number of phenolic OH excluding ortho intramolecular Hbond substituents is 1. The second-order valence-electron chi connectivity index (χ2n) is 15.7. The molecular formula is C55H42N2O2. The van der Waals surface area contributed by atoms with Crippen LogP contribution in [0.4, 0.5) is 28.4 Å². The first-order valence-electron chi connectivity index (χ1n) is 19.9. The van der Waals surface area contributed by atoms with Crippen molar-refractivity contribution in [1.29, 1.82) is 0 Å². The van der Waals surface area contributed by atoms with Crippen LogP contribution < -0.4 is 14.5 Å². The van der Waals surface area contributed by atoms with Gasteiger partial charge in [-0.05, 0) is 112 Å². The second kappa shape index (κ2) is 14.1. The van der Waals surface area contributed by atoms with Crippen LogP contribution in [0.25, 0.3) is 38.6 Å². The summed E-state index contributed by atoms with van der Waals surface area (Å²) in [6.45, 7) is 13.6. The summed E-state index contributed by atoms with van der Waals surface area (Å²) in [5, 5.41) is 13.9. The summed E-state index contributed by atoms with van der Waals surface area (Å²) in [5.41, 5.74) is 14.1. The highest BCUT2D eigenvalue weighted by molar-refractivity contribution is 6.09. The number of fused-ring (bicyclic) bond motifs is 3. The van der Waals surface area contributed by atoms with Crippen molar-refractivity contribution in [2.75, 3.05) is 9.80 Å². The second-order valence-corrected chi connectivity index (χ2v) is 15.7. The Kier molecular flexibility index (Phi) is 8.57. The molecule has 1 N–H and O–H groups in total. The van der Waals surface area contributed by atoms with Crippen molar-refractivity contribution in [2.24, 2.45) is 0 Å². The van der Waals surface area contributed by atoms with Crippen molar-refractivity contribution in [1.82, 2.24) is 0 Å². The molecule has 284 valence electrons. The van der Waals surface area contributed by atoms with E-state index in [1.807, 2.05) is 91.0 Å². The third-order valence-electron chi connectivity index (χ3n) is 11.8. The number of aromatic hydroxyl groups is 1. The van der Waals surface area contributed by atoms with Gasteiger partial charge in [0, 0.05) is 68.2 Å². The zero-order valence-corrected chi connectivity index (χ0v) is 33.1. The van der Waals surface area contributed by atoms with Gasteiger partial charge in [0.15, 0.2) is 0 Å². The summed E-state index contributed by atoms with van der Waals surface area (Å²) >= 11 is 0. The Labute approximate surface area is 345 Å². The van der Waals surface area contributed by atoms with E-state index in [1.165, 1.54) is 22.3 Å². The molecule has 0 unspecified atom stereocenters. The highest BCUT2D eigenvalue weighted by Gasteiger charge is 2.36. The molecule has 0 fully saturated rings. The third kappa shape index (κ3) is 6.00. The van der Waals surface area contributed by atoms with Gasteiger partial charge in [-0.15, -0.1) is 0 Å². The third-order valence-corrected chi connectivity index (χ3v) is 11.8. The largest absolute Gasteiger partial charge is 0.507 e. The quantitative estimate of drug-likeness (QED) is 0.167. The highest BCUT2D eigenvalue weighted by atomic mass is 16.5. The maximum absolute atomic E-state index is 11.9. The molecule has 8 aromatic carbocycles. The number of nitrogens with zero attached hydrogens (tertiary/aromatic N) is 2. The van der Waals surface area contributed by atoms with E-state index < -0.39 is 0 Å². The lowest BCUT2D eigenvalue weighted by Gasteiger charge is -2.29. The topological polar surface area (TPSA) is 35.9 Å². The van der Waals surface area contributed by atoms with Crippen molar-refractivity contribution in [2.45, 2.75) is 19.3 Å². The average molecular weight is 763 g/mol. The Hall–Kier alpha value is -7.56. The number of rotatable bonds is 8. The Morgan fingerprint density at radius 3 is 1.78 bits per heavy atom. The normalized spacial score (nSPS) is 14.1. The van der Waals surface area contributed by atoms with E-state index in [1.54, 1.807) is 0 Å². The summed E-state index contributed by atoms with van der Waals surface area (Å²) in [7, 11) is 0. The van der Waals surface area contributed by atoms with Crippen LogP contribution >= 0.6 is 0 Å². The van der Waals surface area contributed by atoms with Crippen LogP contribution in [0.3, 0.4) is 0 Å². The summed E-state index contributed by atoms with van der Waals surface area (Å²) in [4.78, 5) is 4.33. The Bertz CT molecular complexity index is 2940. The van der Waals surface area contributed by atoms with Gasteiger partial charge in [0.2, 0.25) is 0 Å². The van der Waals surface area contributed by atoms with E-state index in [-0.39, 0.29) is 11.2 Å². The first-order valence-corrected chi connectivity index (χ1v) is 19.9. The number of benzene rings is 8. The number of anilines is 5. The maximum atomic E-state index is 11.9. The van der Waals surface area contributed by atoms with E-state index in [9.17, 15) is 5.11 Å². The SMILES string of the molecule is C=C1/C(=C\C(=C)N(c2ccccc2)c2ccccc2)Oc2ccc(-c3ccc(N(c4ccccc4)c4ccc5c(c4)C(C)(C)c4ccccc4-5)cc3O)c3cccc1c23. The lowest BCUT2D eigenvalue weighted by molar-refractivity contribution is 0.450. The van der Waals surface area contributed by atoms with Crippen LogP contribution in [0.1, 0.15) is 30.5 Å². The van der Waals surface area contributed by atoms with Gasteiger partial charge < -0.3 is 19.6 Å². The molecule has 1 aliphatic heterocycles. The molecule has 59 heavy (non-hydrogen) atoms. The van der Waals surface area contributed by atoms with Crippen molar-refractivity contribution in [3.63, 3.8) is 0 Å². The monoisotopic (exact) mass is 762 g/mol. The molecule has 8 aromatic rings. The van der Waals surface area contributed by atoms with E-state index in [0.29, 0.717) is 5.76 Å². The van der Waals surface area contributed by atoms with Crippen LogP contribution in [-0.4, -0.2) is 5.11 Å². The molecule has 0 saturated carbocycles. The molecule has 0 radical (unpaired) electrons. The number of hydrogen-bond donors (Lipinski definition) is 1. The van der Waals surface area contributed by atoms with E-state index in [4.69, 9.17) is 4.74 Å². The number of hydrogen-bond acceptors (Lipinski definition) is 4. The van der Waals surface area contributed by atoms with Crippen molar-refractivity contribution < 1.29 is 9.84 Å². The van der Waals surface area contributed by atoms with Gasteiger partial charge in [-0.1, -0.05) is 130 Å². The molecule has 4 heteroatoms. The lowest BCUT2D eigenvalue weighted by atomic mass is 9.82. The molecule has 0 amide bonds. The summed E-state index contributed by atoms with van der Waals surface area (Å²) in [5.74, 6) is 1.55. The molecular weight excluding hydrogens is 721 g/mol. The minimum Gasteiger partial charge on any atom is -0.507 e. The predicted molar refractivity (Wildman–Crippen MR) is 245 cm³/mol. The summed E-state index contributed by atoms with van der Waals surface area (Å²) in [6, 6.07) is 62.4. The van der Waals surface area contributed by atoms with Crippen LogP contribution in [0.5, 0.6) is 11.5 Å². The van der Waals surface area contributed by atoms with Crippen LogP contribution in [0, 0.1) is 0 Å². The van der Waals surface area contributed by atoms with Gasteiger partial charge in [0.1, 0.15) is 17.3 Å². The Morgan fingerprint density at radius 2 is 1.10 bits per heavy atom. The fraction of sp³-hybridized carbons (Fsp3) is 0.0545. The van der Waals surface area contributed by atoms with Gasteiger partial charge >= 0.3 is 0 Å². The molecule has 2 aliphatic rings. The van der Waals surface area contributed by atoms with E-state index >= 15 is 0 Å². The van der Waals surface area contributed by atoms with Gasteiger partial charge in [-0.3, -0.25) is 0 Å². The fourth-order valence-corrected chi connectivity index (χ4v) is 8.97. The van der Waals surface area contributed by atoms with Gasteiger partial charge in [0.25, 0.3) is 0 Å². The minimum atomic E-state index is -0.144.